The number of ether oxygens (including phenoxy) is 1. The summed E-state index contributed by atoms with van der Waals surface area (Å²) in [4.78, 5) is 13.4. The first-order chi connectivity index (χ1) is 10.9. The summed E-state index contributed by atoms with van der Waals surface area (Å²) in [5.74, 6) is -0.838. The first-order valence-corrected chi connectivity index (χ1v) is 7.38. The molecule has 23 heavy (non-hydrogen) atoms. The number of para-hydroxylation sites is 1. The van der Waals surface area contributed by atoms with E-state index in [1.54, 1.807) is 24.3 Å². The molecule has 0 spiro atoms. The van der Waals surface area contributed by atoms with Gasteiger partial charge in [-0.15, -0.1) is 0 Å². The van der Waals surface area contributed by atoms with E-state index in [2.05, 4.69) is 0 Å². The number of hydrogen-bond acceptors (Lipinski definition) is 3. The predicted octanol–water partition coefficient (Wildman–Crippen LogP) is 3.62. The largest absolute Gasteiger partial charge is 0.451 e. The van der Waals surface area contributed by atoms with Crippen LogP contribution in [0.3, 0.4) is 0 Å². The molecule has 0 N–H and O–H groups in total. The fraction of sp³-hybridized carbons (Fsp3) is 0.438. The fourth-order valence-corrected chi connectivity index (χ4v) is 2.76. The summed E-state index contributed by atoms with van der Waals surface area (Å²) in [6.07, 6.45) is -3.35. The molecule has 0 saturated carbocycles. The van der Waals surface area contributed by atoms with Gasteiger partial charge in [0.15, 0.2) is 5.76 Å². The van der Waals surface area contributed by atoms with Crippen molar-refractivity contribution < 1.29 is 27.1 Å². The molecule has 1 aromatic carbocycles. The van der Waals surface area contributed by atoms with Crippen molar-refractivity contribution in [3.63, 3.8) is 0 Å². The second-order valence-electron chi connectivity index (χ2n) is 5.57. The zero-order valence-corrected chi connectivity index (χ0v) is 12.3. The minimum atomic E-state index is -4.47. The molecule has 1 aliphatic rings. The van der Waals surface area contributed by atoms with Crippen LogP contribution in [0.2, 0.25) is 0 Å². The number of benzene rings is 1. The number of furan rings is 1. The minimum absolute atomic E-state index is 0.0824. The Kier molecular flexibility index (Phi) is 4.30. The highest BCUT2D eigenvalue weighted by Crippen LogP contribution is 2.26. The summed E-state index contributed by atoms with van der Waals surface area (Å²) in [6, 6.07) is 7.81. The van der Waals surface area contributed by atoms with Crippen molar-refractivity contribution in [1.29, 1.82) is 0 Å². The number of alkyl halides is 3. The maximum absolute atomic E-state index is 12.9. The Bertz CT molecular complexity index is 656. The third-order valence-corrected chi connectivity index (χ3v) is 3.82. The summed E-state index contributed by atoms with van der Waals surface area (Å²) in [6.45, 7) is -0.686. The predicted molar refractivity (Wildman–Crippen MR) is 77.1 cm³/mol. The van der Waals surface area contributed by atoms with Crippen LogP contribution in [-0.4, -0.2) is 42.8 Å². The van der Waals surface area contributed by atoms with E-state index in [-0.39, 0.29) is 12.4 Å². The zero-order chi connectivity index (χ0) is 16.4. The van der Waals surface area contributed by atoms with E-state index in [4.69, 9.17) is 9.15 Å². The Morgan fingerprint density at radius 1 is 1.30 bits per heavy atom. The molecule has 1 aromatic heterocycles. The normalized spacial score (nSPS) is 19.0. The number of carbonyl (C=O) groups is 1. The second-order valence-corrected chi connectivity index (χ2v) is 5.57. The molecule has 2 aromatic rings. The van der Waals surface area contributed by atoms with E-state index in [1.807, 2.05) is 0 Å². The Morgan fingerprint density at radius 2 is 2.09 bits per heavy atom. The van der Waals surface area contributed by atoms with Gasteiger partial charge in [0.05, 0.1) is 12.6 Å². The Labute approximate surface area is 130 Å². The molecule has 2 heterocycles. The van der Waals surface area contributed by atoms with Gasteiger partial charge in [0.2, 0.25) is 0 Å². The number of hydrogen-bond donors (Lipinski definition) is 0. The van der Waals surface area contributed by atoms with E-state index in [1.165, 1.54) is 6.07 Å². The lowest BCUT2D eigenvalue weighted by Crippen LogP contribution is -2.49. The number of carbonyl (C=O) groups excluding carboxylic acids is 1. The monoisotopic (exact) mass is 327 g/mol. The van der Waals surface area contributed by atoms with E-state index in [0.29, 0.717) is 30.4 Å². The molecule has 124 valence electrons. The van der Waals surface area contributed by atoms with Crippen molar-refractivity contribution in [2.45, 2.75) is 25.1 Å². The van der Waals surface area contributed by atoms with Crippen molar-refractivity contribution >= 4 is 16.9 Å². The third kappa shape index (κ3) is 3.67. The maximum Gasteiger partial charge on any atom is 0.406 e. The van der Waals surface area contributed by atoms with Crippen LogP contribution in [0.25, 0.3) is 11.0 Å². The zero-order valence-electron chi connectivity index (χ0n) is 12.3. The fourth-order valence-electron chi connectivity index (χ4n) is 2.76. The minimum Gasteiger partial charge on any atom is -0.451 e. The number of nitrogens with zero attached hydrogens (tertiary/aromatic N) is 1. The highest BCUT2D eigenvalue weighted by Gasteiger charge is 2.38. The second kappa shape index (κ2) is 6.23. The number of halogens is 3. The topological polar surface area (TPSA) is 42.7 Å². The van der Waals surface area contributed by atoms with Crippen LogP contribution >= 0.6 is 0 Å². The van der Waals surface area contributed by atoms with Crippen LogP contribution in [0.15, 0.2) is 34.7 Å². The lowest BCUT2D eigenvalue weighted by Gasteiger charge is -2.34. The van der Waals surface area contributed by atoms with Crippen molar-refractivity contribution in [2.24, 2.45) is 0 Å². The Balaban J connectivity index is 1.89. The van der Waals surface area contributed by atoms with Crippen molar-refractivity contribution in [1.82, 2.24) is 4.90 Å². The van der Waals surface area contributed by atoms with Crippen molar-refractivity contribution in [3.05, 3.63) is 36.1 Å². The molecule has 0 aliphatic carbocycles. The molecule has 7 heteroatoms. The molecular weight excluding hydrogens is 311 g/mol. The molecule has 1 atom stereocenters. The summed E-state index contributed by atoms with van der Waals surface area (Å²) >= 11 is 0. The molecule has 0 radical (unpaired) electrons. The van der Waals surface area contributed by atoms with Gasteiger partial charge in [-0.05, 0) is 25.0 Å². The van der Waals surface area contributed by atoms with Crippen molar-refractivity contribution in [3.8, 4) is 0 Å². The molecular formula is C16H16F3NO3. The van der Waals surface area contributed by atoms with E-state index in [9.17, 15) is 18.0 Å². The molecule has 1 saturated heterocycles. The van der Waals surface area contributed by atoms with Crippen LogP contribution in [0, 0.1) is 0 Å². The Hall–Kier alpha value is -2.02. The maximum atomic E-state index is 12.9. The molecule has 1 fully saturated rings. The standard InChI is InChI=1S/C16H16F3NO3/c17-16(18,19)10-20(12-5-3-7-22-9-12)15(21)14-8-11-4-1-2-6-13(11)23-14/h1-2,4,6,8,12H,3,5,7,9-10H2. The highest BCUT2D eigenvalue weighted by atomic mass is 19.4. The van der Waals surface area contributed by atoms with Crippen LogP contribution in [0.5, 0.6) is 0 Å². The van der Waals surface area contributed by atoms with Crippen LogP contribution in [-0.2, 0) is 4.74 Å². The first-order valence-electron chi connectivity index (χ1n) is 7.38. The van der Waals surface area contributed by atoms with Gasteiger partial charge in [-0.2, -0.15) is 13.2 Å². The molecule has 1 aliphatic heterocycles. The molecule has 0 bridgehead atoms. The summed E-state index contributed by atoms with van der Waals surface area (Å²) in [7, 11) is 0. The number of amides is 1. The SMILES string of the molecule is O=C(c1cc2ccccc2o1)N(CC(F)(F)F)C1CCCOC1. The van der Waals surface area contributed by atoms with Gasteiger partial charge >= 0.3 is 6.18 Å². The van der Waals surface area contributed by atoms with Gasteiger partial charge in [0, 0.05) is 12.0 Å². The van der Waals surface area contributed by atoms with Gasteiger partial charge in [0.25, 0.3) is 5.91 Å². The molecule has 1 unspecified atom stereocenters. The number of fused-ring (bicyclic) bond motifs is 1. The van der Waals surface area contributed by atoms with Gasteiger partial charge < -0.3 is 14.1 Å². The molecule has 3 rings (SSSR count). The van der Waals surface area contributed by atoms with Crippen LogP contribution < -0.4 is 0 Å². The first kappa shape index (κ1) is 15.9. The molecule has 1 amide bonds. The van der Waals surface area contributed by atoms with E-state index >= 15 is 0 Å². The van der Waals surface area contributed by atoms with E-state index in [0.717, 1.165) is 4.90 Å². The van der Waals surface area contributed by atoms with Crippen LogP contribution in [0.1, 0.15) is 23.4 Å². The lowest BCUT2D eigenvalue weighted by molar-refractivity contribution is -0.149. The smallest absolute Gasteiger partial charge is 0.406 e. The average molecular weight is 327 g/mol. The summed E-state index contributed by atoms with van der Waals surface area (Å²) < 4.78 is 49.3. The molecule has 4 nitrogen and oxygen atoms in total. The van der Waals surface area contributed by atoms with Gasteiger partial charge in [-0.25, -0.2) is 0 Å². The van der Waals surface area contributed by atoms with Gasteiger partial charge in [-0.3, -0.25) is 4.79 Å². The van der Waals surface area contributed by atoms with E-state index < -0.39 is 24.7 Å². The van der Waals surface area contributed by atoms with Crippen LogP contribution in [0.4, 0.5) is 13.2 Å². The van der Waals surface area contributed by atoms with Crippen molar-refractivity contribution in [2.75, 3.05) is 19.8 Å². The summed E-state index contributed by atoms with van der Waals surface area (Å²) in [5.41, 5.74) is 0.475. The van der Waals surface area contributed by atoms with Gasteiger partial charge in [0.1, 0.15) is 12.1 Å². The third-order valence-electron chi connectivity index (χ3n) is 3.82. The quantitative estimate of drug-likeness (QED) is 0.865. The van der Waals surface area contributed by atoms with Gasteiger partial charge in [-0.1, -0.05) is 18.2 Å². The summed E-state index contributed by atoms with van der Waals surface area (Å²) in [5, 5.41) is 0.683. The number of rotatable bonds is 3. The average Bonchev–Trinajstić information content (AvgIpc) is 2.96. The Morgan fingerprint density at radius 3 is 2.74 bits per heavy atom. The lowest BCUT2D eigenvalue weighted by atomic mass is 10.1. The highest BCUT2D eigenvalue weighted by molar-refractivity contribution is 5.96.